The molecule has 2 N–H and O–H groups in total. The second-order valence-electron chi connectivity index (χ2n) is 7.43. The zero-order valence-electron chi connectivity index (χ0n) is 16.0. The summed E-state index contributed by atoms with van der Waals surface area (Å²) in [7, 11) is -3.71. The number of benzene rings is 2. The van der Waals surface area contributed by atoms with Gasteiger partial charge in [0.2, 0.25) is 10.0 Å². The largest absolute Gasteiger partial charge is 0.484 e. The Bertz CT molecular complexity index is 1000. The minimum absolute atomic E-state index is 0.131. The molecule has 0 spiro atoms. The van der Waals surface area contributed by atoms with Crippen LogP contribution in [0.5, 0.6) is 11.5 Å². The lowest BCUT2D eigenvalue weighted by molar-refractivity contribution is -0.139. The summed E-state index contributed by atoms with van der Waals surface area (Å²) in [6.07, 6.45) is 0.575. The SMILES string of the molecule is CC1(C)CC(CNS(=O)(=O)c2ccc(Cl)cc2)c2cccc(OCC(=O)O)c2O1. The molecular weight excluding hydrogens is 418 g/mol. The van der Waals surface area contributed by atoms with Crippen molar-refractivity contribution < 1.29 is 27.8 Å². The van der Waals surface area contributed by atoms with Gasteiger partial charge >= 0.3 is 5.97 Å². The van der Waals surface area contributed by atoms with Gasteiger partial charge in [-0.1, -0.05) is 23.7 Å². The van der Waals surface area contributed by atoms with Gasteiger partial charge in [-0.3, -0.25) is 0 Å². The average Bonchev–Trinajstić information content (AvgIpc) is 2.64. The van der Waals surface area contributed by atoms with Crippen LogP contribution in [0, 0.1) is 0 Å². The van der Waals surface area contributed by atoms with Crippen LogP contribution < -0.4 is 14.2 Å². The summed E-state index contributed by atoms with van der Waals surface area (Å²) >= 11 is 5.83. The molecule has 0 aromatic heterocycles. The van der Waals surface area contributed by atoms with Gasteiger partial charge in [-0.25, -0.2) is 17.9 Å². The number of hydrogen-bond donors (Lipinski definition) is 2. The maximum Gasteiger partial charge on any atom is 0.341 e. The van der Waals surface area contributed by atoms with Gasteiger partial charge in [-0.15, -0.1) is 0 Å². The van der Waals surface area contributed by atoms with Crippen LogP contribution in [0.15, 0.2) is 47.4 Å². The minimum Gasteiger partial charge on any atom is -0.484 e. The maximum atomic E-state index is 12.6. The van der Waals surface area contributed by atoms with Gasteiger partial charge in [0, 0.05) is 23.0 Å². The number of aliphatic carboxylic acids is 1. The normalized spacial score (nSPS) is 17.8. The summed E-state index contributed by atoms with van der Waals surface area (Å²) in [6, 6.07) is 11.1. The van der Waals surface area contributed by atoms with E-state index in [0.717, 1.165) is 5.56 Å². The van der Waals surface area contributed by atoms with Crippen molar-refractivity contribution in [2.45, 2.75) is 36.7 Å². The first-order chi connectivity index (χ1) is 13.6. The van der Waals surface area contributed by atoms with Gasteiger partial charge in [0.05, 0.1) is 4.90 Å². The van der Waals surface area contributed by atoms with Crippen molar-refractivity contribution >= 4 is 27.6 Å². The molecule has 1 unspecified atom stereocenters. The molecule has 29 heavy (non-hydrogen) atoms. The van der Waals surface area contributed by atoms with E-state index in [4.69, 9.17) is 26.2 Å². The van der Waals surface area contributed by atoms with Crippen molar-refractivity contribution in [3.05, 3.63) is 53.1 Å². The second-order valence-corrected chi connectivity index (χ2v) is 9.63. The van der Waals surface area contributed by atoms with Crippen molar-refractivity contribution in [3.63, 3.8) is 0 Å². The quantitative estimate of drug-likeness (QED) is 0.685. The van der Waals surface area contributed by atoms with Crippen LogP contribution in [-0.4, -0.2) is 38.2 Å². The number of para-hydroxylation sites is 1. The van der Waals surface area contributed by atoms with E-state index in [1.54, 1.807) is 12.1 Å². The molecule has 2 aromatic rings. The fourth-order valence-corrected chi connectivity index (χ4v) is 4.54. The molecule has 1 atom stereocenters. The Morgan fingerprint density at radius 2 is 1.97 bits per heavy atom. The van der Waals surface area contributed by atoms with Gasteiger partial charge in [0.25, 0.3) is 0 Å². The highest BCUT2D eigenvalue weighted by molar-refractivity contribution is 7.89. The van der Waals surface area contributed by atoms with Crippen LogP contribution in [0.1, 0.15) is 31.7 Å². The average molecular weight is 440 g/mol. The van der Waals surface area contributed by atoms with Crippen molar-refractivity contribution in [1.82, 2.24) is 4.72 Å². The van der Waals surface area contributed by atoms with Gasteiger partial charge < -0.3 is 14.6 Å². The maximum absolute atomic E-state index is 12.6. The van der Waals surface area contributed by atoms with E-state index in [1.807, 2.05) is 19.9 Å². The summed E-state index contributed by atoms with van der Waals surface area (Å²) in [5.41, 5.74) is 0.192. The van der Waals surface area contributed by atoms with Crippen LogP contribution in [0.4, 0.5) is 0 Å². The lowest BCUT2D eigenvalue weighted by Crippen LogP contribution is -2.39. The Morgan fingerprint density at radius 1 is 1.28 bits per heavy atom. The Morgan fingerprint density at radius 3 is 2.62 bits per heavy atom. The molecule has 0 bridgehead atoms. The molecule has 3 rings (SSSR count). The first-order valence-corrected chi connectivity index (χ1v) is 10.9. The minimum atomic E-state index is -3.71. The van der Waals surface area contributed by atoms with Crippen LogP contribution >= 0.6 is 11.6 Å². The van der Waals surface area contributed by atoms with Crippen molar-refractivity contribution in [3.8, 4) is 11.5 Å². The second kappa shape index (κ2) is 8.22. The number of sulfonamides is 1. The summed E-state index contributed by atoms with van der Waals surface area (Å²) in [5.74, 6) is -0.502. The third-order valence-corrected chi connectivity index (χ3v) is 6.25. The lowest BCUT2D eigenvalue weighted by atomic mass is 9.84. The van der Waals surface area contributed by atoms with E-state index in [1.165, 1.54) is 24.3 Å². The predicted molar refractivity (Wildman–Crippen MR) is 108 cm³/mol. The van der Waals surface area contributed by atoms with Gasteiger partial charge in [-0.2, -0.15) is 0 Å². The number of nitrogens with one attached hydrogen (secondary N) is 1. The lowest BCUT2D eigenvalue weighted by Gasteiger charge is -2.38. The van der Waals surface area contributed by atoms with Crippen LogP contribution in [0.2, 0.25) is 5.02 Å². The first-order valence-electron chi connectivity index (χ1n) is 8.99. The van der Waals surface area contributed by atoms with Gasteiger partial charge in [0.15, 0.2) is 18.1 Å². The molecule has 7 nitrogen and oxygen atoms in total. The summed E-state index contributed by atoms with van der Waals surface area (Å²) in [5, 5.41) is 9.34. The van der Waals surface area contributed by atoms with E-state index >= 15 is 0 Å². The summed E-state index contributed by atoms with van der Waals surface area (Å²) in [4.78, 5) is 11.0. The highest BCUT2D eigenvalue weighted by Gasteiger charge is 2.36. The number of carbonyl (C=O) groups is 1. The number of carboxylic acid groups (broad SMARTS) is 1. The van der Waals surface area contributed by atoms with E-state index in [-0.39, 0.29) is 17.4 Å². The highest BCUT2D eigenvalue weighted by atomic mass is 35.5. The van der Waals surface area contributed by atoms with Crippen LogP contribution in [0.25, 0.3) is 0 Å². The molecule has 2 aromatic carbocycles. The van der Waals surface area contributed by atoms with E-state index in [0.29, 0.717) is 22.9 Å². The first kappa shape index (κ1) is 21.4. The molecule has 0 radical (unpaired) electrons. The molecule has 1 aliphatic heterocycles. The number of fused-ring (bicyclic) bond motifs is 1. The van der Waals surface area contributed by atoms with Gasteiger partial charge in [-0.05, 0) is 50.6 Å². The molecule has 9 heteroatoms. The topological polar surface area (TPSA) is 102 Å². The standard InChI is InChI=1S/C20H22ClNO6S/c1-20(2)10-13(11-22-29(25,26)15-8-6-14(21)7-9-15)16-4-3-5-17(19(16)28-20)27-12-18(23)24/h3-9,13,22H,10-12H2,1-2H3,(H,23,24). The zero-order valence-corrected chi connectivity index (χ0v) is 17.6. The van der Waals surface area contributed by atoms with E-state index in [9.17, 15) is 13.2 Å². The monoisotopic (exact) mass is 439 g/mol. The Hall–Kier alpha value is -2.29. The van der Waals surface area contributed by atoms with E-state index in [2.05, 4.69) is 4.72 Å². The van der Waals surface area contributed by atoms with Crippen molar-refractivity contribution in [2.75, 3.05) is 13.2 Å². The predicted octanol–water partition coefficient (Wildman–Crippen LogP) is 3.43. The number of ether oxygens (including phenoxy) is 2. The molecule has 0 saturated heterocycles. The molecule has 0 amide bonds. The smallest absolute Gasteiger partial charge is 0.341 e. The Balaban J connectivity index is 1.84. The summed E-state index contributed by atoms with van der Waals surface area (Å²) in [6.45, 7) is 3.45. The number of carboxylic acids is 1. The third-order valence-electron chi connectivity index (χ3n) is 4.56. The zero-order chi connectivity index (χ0) is 21.2. The molecular formula is C20H22ClNO6S. The fraction of sp³-hybridized carbons (Fsp3) is 0.350. The fourth-order valence-electron chi connectivity index (χ4n) is 3.33. The highest BCUT2D eigenvalue weighted by Crippen LogP contribution is 2.45. The van der Waals surface area contributed by atoms with Crippen molar-refractivity contribution in [2.24, 2.45) is 0 Å². The summed E-state index contributed by atoms with van der Waals surface area (Å²) < 4.78 is 39.3. The van der Waals surface area contributed by atoms with Gasteiger partial charge in [0.1, 0.15) is 5.60 Å². The molecule has 0 saturated carbocycles. The molecule has 1 heterocycles. The van der Waals surface area contributed by atoms with Crippen molar-refractivity contribution in [1.29, 1.82) is 0 Å². The number of rotatable bonds is 7. The Labute approximate surface area is 174 Å². The third kappa shape index (κ3) is 5.20. The van der Waals surface area contributed by atoms with E-state index < -0.39 is 28.2 Å². The Kier molecular flexibility index (Phi) is 6.07. The van der Waals surface area contributed by atoms with Crippen LogP contribution in [-0.2, 0) is 14.8 Å². The van der Waals surface area contributed by atoms with Crippen LogP contribution in [0.3, 0.4) is 0 Å². The molecule has 0 aliphatic carbocycles. The molecule has 1 aliphatic rings. The molecule has 156 valence electrons. The molecule has 0 fully saturated rings. The number of halogens is 1. The number of hydrogen-bond acceptors (Lipinski definition) is 5.